The lowest BCUT2D eigenvalue weighted by molar-refractivity contribution is 0.151. The number of pyridine rings is 1. The Morgan fingerprint density at radius 2 is 1.93 bits per heavy atom. The van der Waals surface area contributed by atoms with E-state index in [4.69, 9.17) is 0 Å². The van der Waals surface area contributed by atoms with Crippen LogP contribution in [-0.2, 0) is 0 Å². The van der Waals surface area contributed by atoms with E-state index in [0.717, 1.165) is 18.5 Å². The first kappa shape index (κ1) is 10.5. The third kappa shape index (κ3) is 2.52. The Morgan fingerprint density at radius 1 is 1.20 bits per heavy atom. The minimum atomic E-state index is -2.38. The fourth-order valence-corrected chi connectivity index (χ4v) is 2.22. The van der Waals surface area contributed by atoms with Gasteiger partial charge >= 0.3 is 0 Å². The zero-order valence-corrected chi connectivity index (χ0v) is 8.63. The standard InChI is InChI=1S/C12H15F2N/c13-12(14)10-6-7-15-11(8-10)9-4-2-1-3-5-9/h6-9,12H,1-5H2. The number of hydrogen-bond donors (Lipinski definition) is 0. The number of alkyl halides is 2. The van der Waals surface area contributed by atoms with Crippen molar-refractivity contribution in [3.63, 3.8) is 0 Å². The Hall–Kier alpha value is -0.990. The highest BCUT2D eigenvalue weighted by atomic mass is 19.3. The Kier molecular flexibility index (Phi) is 3.29. The summed E-state index contributed by atoms with van der Waals surface area (Å²) < 4.78 is 25.0. The Balaban J connectivity index is 2.16. The van der Waals surface area contributed by atoms with Gasteiger partial charge in [-0.2, -0.15) is 0 Å². The fraction of sp³-hybridized carbons (Fsp3) is 0.583. The van der Waals surface area contributed by atoms with Gasteiger partial charge in [-0.1, -0.05) is 19.3 Å². The van der Waals surface area contributed by atoms with Crippen LogP contribution in [0.5, 0.6) is 0 Å². The predicted octanol–water partition coefficient (Wildman–Crippen LogP) is 4.07. The van der Waals surface area contributed by atoms with Crippen molar-refractivity contribution in [2.24, 2.45) is 0 Å². The summed E-state index contributed by atoms with van der Waals surface area (Å²) in [5.41, 5.74) is 0.957. The van der Waals surface area contributed by atoms with Crippen LogP contribution in [-0.4, -0.2) is 4.98 Å². The lowest BCUT2D eigenvalue weighted by atomic mass is 9.86. The molecule has 1 heterocycles. The van der Waals surface area contributed by atoms with E-state index in [2.05, 4.69) is 4.98 Å². The van der Waals surface area contributed by atoms with Gasteiger partial charge in [0.05, 0.1) is 0 Å². The molecular formula is C12H15F2N. The van der Waals surface area contributed by atoms with Crippen molar-refractivity contribution in [2.45, 2.75) is 44.4 Å². The smallest absolute Gasteiger partial charge is 0.261 e. The van der Waals surface area contributed by atoms with Gasteiger partial charge in [0.1, 0.15) is 0 Å². The first-order chi connectivity index (χ1) is 7.27. The quantitative estimate of drug-likeness (QED) is 0.718. The largest absolute Gasteiger partial charge is 0.263 e. The third-order valence-corrected chi connectivity index (χ3v) is 3.08. The van der Waals surface area contributed by atoms with Crippen LogP contribution >= 0.6 is 0 Å². The molecule has 0 radical (unpaired) electrons. The third-order valence-electron chi connectivity index (χ3n) is 3.08. The molecule has 1 aliphatic rings. The molecule has 0 unspecified atom stereocenters. The Labute approximate surface area is 88.5 Å². The molecule has 2 rings (SSSR count). The average molecular weight is 211 g/mol. The van der Waals surface area contributed by atoms with Crippen molar-refractivity contribution in [3.8, 4) is 0 Å². The molecule has 0 N–H and O–H groups in total. The van der Waals surface area contributed by atoms with E-state index in [-0.39, 0.29) is 5.56 Å². The lowest BCUT2D eigenvalue weighted by Gasteiger charge is -2.21. The molecule has 0 saturated heterocycles. The van der Waals surface area contributed by atoms with Gasteiger partial charge in [-0.05, 0) is 25.0 Å². The van der Waals surface area contributed by atoms with E-state index in [1.165, 1.54) is 31.5 Å². The Bertz CT molecular complexity index is 319. The van der Waals surface area contributed by atoms with Gasteiger partial charge in [0.25, 0.3) is 6.43 Å². The molecule has 0 amide bonds. The number of halogens is 2. The minimum absolute atomic E-state index is 0.102. The van der Waals surface area contributed by atoms with Crippen LogP contribution in [0.15, 0.2) is 18.3 Å². The maximum Gasteiger partial charge on any atom is 0.263 e. The van der Waals surface area contributed by atoms with Gasteiger partial charge in [-0.3, -0.25) is 4.98 Å². The number of aromatic nitrogens is 1. The minimum Gasteiger partial charge on any atom is -0.261 e. The molecule has 15 heavy (non-hydrogen) atoms. The highest BCUT2D eigenvalue weighted by Gasteiger charge is 2.18. The maximum atomic E-state index is 12.5. The summed E-state index contributed by atoms with van der Waals surface area (Å²) in [4.78, 5) is 4.21. The van der Waals surface area contributed by atoms with E-state index in [1.807, 2.05) is 0 Å². The molecule has 1 aliphatic carbocycles. The summed E-state index contributed by atoms with van der Waals surface area (Å²) in [5, 5.41) is 0. The van der Waals surface area contributed by atoms with Crippen LogP contribution in [0, 0.1) is 0 Å². The molecule has 1 fully saturated rings. The van der Waals surface area contributed by atoms with Crippen LogP contribution in [0.25, 0.3) is 0 Å². The second-order valence-corrected chi connectivity index (χ2v) is 4.15. The van der Waals surface area contributed by atoms with Crippen molar-refractivity contribution in [1.29, 1.82) is 0 Å². The number of nitrogens with zero attached hydrogens (tertiary/aromatic N) is 1. The van der Waals surface area contributed by atoms with Gasteiger partial charge in [0.2, 0.25) is 0 Å². The molecule has 1 nitrogen and oxygen atoms in total. The maximum absolute atomic E-state index is 12.5. The van der Waals surface area contributed by atoms with Gasteiger partial charge in [0.15, 0.2) is 0 Å². The second-order valence-electron chi connectivity index (χ2n) is 4.15. The first-order valence-corrected chi connectivity index (χ1v) is 5.51. The van der Waals surface area contributed by atoms with Crippen molar-refractivity contribution >= 4 is 0 Å². The summed E-state index contributed by atoms with van der Waals surface area (Å²) in [5.74, 6) is 0.400. The summed E-state index contributed by atoms with van der Waals surface area (Å²) in [6.45, 7) is 0. The monoisotopic (exact) mass is 211 g/mol. The molecule has 1 aromatic heterocycles. The van der Waals surface area contributed by atoms with Crippen LogP contribution in [0.1, 0.15) is 55.7 Å². The molecule has 82 valence electrons. The average Bonchev–Trinajstić information content (AvgIpc) is 2.30. The zero-order chi connectivity index (χ0) is 10.7. The summed E-state index contributed by atoms with van der Waals surface area (Å²) in [6, 6.07) is 2.97. The molecule has 0 aromatic carbocycles. The van der Waals surface area contributed by atoms with Crippen molar-refractivity contribution in [1.82, 2.24) is 4.98 Å². The van der Waals surface area contributed by atoms with Crippen molar-refractivity contribution in [3.05, 3.63) is 29.6 Å². The number of rotatable bonds is 2. The van der Waals surface area contributed by atoms with E-state index in [9.17, 15) is 8.78 Å². The zero-order valence-electron chi connectivity index (χ0n) is 8.63. The van der Waals surface area contributed by atoms with E-state index in [0.29, 0.717) is 5.92 Å². The molecule has 1 saturated carbocycles. The summed E-state index contributed by atoms with van der Waals surface area (Å²) in [6.07, 6.45) is 4.99. The molecule has 3 heteroatoms. The molecule has 0 aliphatic heterocycles. The van der Waals surface area contributed by atoms with Crippen molar-refractivity contribution in [2.75, 3.05) is 0 Å². The summed E-state index contributed by atoms with van der Waals surface area (Å²) >= 11 is 0. The highest BCUT2D eigenvalue weighted by Crippen LogP contribution is 2.32. The molecule has 0 spiro atoms. The highest BCUT2D eigenvalue weighted by molar-refractivity contribution is 5.20. The van der Waals surface area contributed by atoms with E-state index >= 15 is 0 Å². The topological polar surface area (TPSA) is 12.9 Å². The van der Waals surface area contributed by atoms with Gasteiger partial charge in [0, 0.05) is 23.4 Å². The molecule has 1 aromatic rings. The fourth-order valence-electron chi connectivity index (χ4n) is 2.22. The van der Waals surface area contributed by atoms with Crippen LogP contribution < -0.4 is 0 Å². The van der Waals surface area contributed by atoms with Gasteiger partial charge < -0.3 is 0 Å². The Morgan fingerprint density at radius 3 is 2.60 bits per heavy atom. The first-order valence-electron chi connectivity index (χ1n) is 5.51. The molecule has 0 bridgehead atoms. The van der Waals surface area contributed by atoms with Gasteiger partial charge in [-0.25, -0.2) is 8.78 Å². The SMILES string of the molecule is FC(F)c1ccnc(C2CCCCC2)c1. The van der Waals surface area contributed by atoms with Gasteiger partial charge in [-0.15, -0.1) is 0 Å². The van der Waals surface area contributed by atoms with Crippen molar-refractivity contribution < 1.29 is 8.78 Å². The second kappa shape index (κ2) is 4.69. The van der Waals surface area contributed by atoms with Crippen LogP contribution in [0.3, 0.4) is 0 Å². The van der Waals surface area contributed by atoms with E-state index < -0.39 is 6.43 Å². The molecule has 0 atom stereocenters. The lowest BCUT2D eigenvalue weighted by Crippen LogP contribution is -2.06. The van der Waals surface area contributed by atoms with Crippen LogP contribution in [0.4, 0.5) is 8.78 Å². The predicted molar refractivity (Wildman–Crippen MR) is 55.0 cm³/mol. The molecular weight excluding hydrogens is 196 g/mol. The van der Waals surface area contributed by atoms with E-state index in [1.54, 1.807) is 6.07 Å². The number of hydrogen-bond acceptors (Lipinski definition) is 1. The van der Waals surface area contributed by atoms with Crippen LogP contribution in [0.2, 0.25) is 0 Å². The summed E-state index contributed by atoms with van der Waals surface area (Å²) in [7, 11) is 0. The normalized spacial score (nSPS) is 18.3.